The molecule has 0 spiro atoms. The second-order valence-corrected chi connectivity index (χ2v) is 6.52. The van der Waals surface area contributed by atoms with Gasteiger partial charge in [0.2, 0.25) is 10.0 Å². The molecule has 1 fully saturated rings. The van der Waals surface area contributed by atoms with Crippen molar-refractivity contribution in [1.29, 1.82) is 0 Å². The van der Waals surface area contributed by atoms with Gasteiger partial charge in [-0.1, -0.05) is 0 Å². The van der Waals surface area contributed by atoms with E-state index in [1.165, 1.54) is 6.07 Å². The van der Waals surface area contributed by atoms with Crippen LogP contribution in [0, 0.1) is 12.8 Å². The highest BCUT2D eigenvalue weighted by Crippen LogP contribution is 2.32. The van der Waals surface area contributed by atoms with Crippen molar-refractivity contribution in [3.8, 4) is 0 Å². The number of nitrogen functional groups attached to an aromatic ring is 1. The molecule has 6 heteroatoms. The Morgan fingerprint density at radius 3 is 2.72 bits per heavy atom. The standard InChI is InChI=1S/C12H18N2O3S/c1-8-6-10(13)4-5-12(8)18(16,17)14-7-11(15)9-2-3-9/h4-6,9,11,14-15H,2-3,7,13H2,1H3. The molecular weight excluding hydrogens is 252 g/mol. The summed E-state index contributed by atoms with van der Waals surface area (Å²) in [6.07, 6.45) is 1.36. The first-order valence-electron chi connectivity index (χ1n) is 5.94. The predicted octanol–water partition coefficient (Wildman–Crippen LogP) is 0.626. The molecule has 1 atom stereocenters. The van der Waals surface area contributed by atoms with Gasteiger partial charge in [0.15, 0.2) is 0 Å². The summed E-state index contributed by atoms with van der Waals surface area (Å²) in [6, 6.07) is 4.65. The van der Waals surface area contributed by atoms with Crippen molar-refractivity contribution in [3.05, 3.63) is 23.8 Å². The van der Waals surface area contributed by atoms with E-state index >= 15 is 0 Å². The number of nitrogens with two attached hydrogens (primary N) is 1. The molecule has 1 aliphatic rings. The van der Waals surface area contributed by atoms with Crippen molar-refractivity contribution in [3.63, 3.8) is 0 Å². The lowest BCUT2D eigenvalue weighted by Gasteiger charge is -2.13. The molecule has 0 aromatic heterocycles. The maximum Gasteiger partial charge on any atom is 0.240 e. The highest BCUT2D eigenvalue weighted by atomic mass is 32.2. The fourth-order valence-corrected chi connectivity index (χ4v) is 3.17. The highest BCUT2D eigenvalue weighted by molar-refractivity contribution is 7.89. The maximum absolute atomic E-state index is 12.0. The molecule has 1 aliphatic carbocycles. The zero-order valence-corrected chi connectivity index (χ0v) is 11.1. The van der Waals surface area contributed by atoms with Gasteiger partial charge in [0.1, 0.15) is 0 Å². The van der Waals surface area contributed by atoms with E-state index < -0.39 is 16.1 Å². The van der Waals surface area contributed by atoms with Gasteiger partial charge in [0.25, 0.3) is 0 Å². The summed E-state index contributed by atoms with van der Waals surface area (Å²) >= 11 is 0. The van der Waals surface area contributed by atoms with Gasteiger partial charge in [0.05, 0.1) is 11.0 Å². The van der Waals surface area contributed by atoms with E-state index in [9.17, 15) is 13.5 Å². The van der Waals surface area contributed by atoms with Gasteiger partial charge >= 0.3 is 0 Å². The summed E-state index contributed by atoms with van der Waals surface area (Å²) in [5.41, 5.74) is 6.72. The molecule has 100 valence electrons. The molecule has 0 aliphatic heterocycles. The lowest BCUT2D eigenvalue weighted by Crippen LogP contribution is -2.33. The van der Waals surface area contributed by atoms with E-state index in [0.29, 0.717) is 11.3 Å². The minimum Gasteiger partial charge on any atom is -0.399 e. The summed E-state index contributed by atoms with van der Waals surface area (Å²) in [5.74, 6) is 0.250. The molecule has 0 radical (unpaired) electrons. The maximum atomic E-state index is 12.0. The average Bonchev–Trinajstić information content (AvgIpc) is 3.09. The number of nitrogens with one attached hydrogen (secondary N) is 1. The van der Waals surface area contributed by atoms with Crippen LogP contribution in [0.2, 0.25) is 0 Å². The Kier molecular flexibility index (Phi) is 3.61. The van der Waals surface area contributed by atoms with Crippen molar-refractivity contribution in [2.75, 3.05) is 12.3 Å². The van der Waals surface area contributed by atoms with Gasteiger partial charge in [-0.2, -0.15) is 0 Å². The van der Waals surface area contributed by atoms with E-state index in [0.717, 1.165) is 12.8 Å². The van der Waals surface area contributed by atoms with Crippen molar-refractivity contribution in [1.82, 2.24) is 4.72 Å². The first-order valence-corrected chi connectivity index (χ1v) is 7.42. The van der Waals surface area contributed by atoms with E-state index in [4.69, 9.17) is 5.73 Å². The lowest BCUT2D eigenvalue weighted by molar-refractivity contribution is 0.155. The van der Waals surface area contributed by atoms with Crippen molar-refractivity contribution in [2.45, 2.75) is 30.8 Å². The molecule has 1 saturated carbocycles. The van der Waals surface area contributed by atoms with Crippen LogP contribution in [-0.2, 0) is 10.0 Å². The lowest BCUT2D eigenvalue weighted by atomic mass is 10.2. The van der Waals surface area contributed by atoms with Gasteiger partial charge in [-0.15, -0.1) is 0 Å². The highest BCUT2D eigenvalue weighted by Gasteiger charge is 2.30. The first-order chi connectivity index (χ1) is 8.40. The third-order valence-electron chi connectivity index (χ3n) is 3.14. The molecule has 2 rings (SSSR count). The molecule has 1 aromatic rings. The van der Waals surface area contributed by atoms with Crippen LogP contribution in [-0.4, -0.2) is 26.2 Å². The fourth-order valence-electron chi connectivity index (χ4n) is 1.89. The van der Waals surface area contributed by atoms with Gasteiger partial charge in [-0.05, 0) is 49.4 Å². The molecule has 0 bridgehead atoms. The van der Waals surface area contributed by atoms with Crippen LogP contribution in [0.15, 0.2) is 23.1 Å². The molecule has 4 N–H and O–H groups in total. The molecule has 5 nitrogen and oxygen atoms in total. The van der Waals surface area contributed by atoms with Gasteiger partial charge < -0.3 is 10.8 Å². The third-order valence-corrected chi connectivity index (χ3v) is 4.72. The van der Waals surface area contributed by atoms with Crippen LogP contribution in [0.5, 0.6) is 0 Å². The second-order valence-electron chi connectivity index (χ2n) is 4.78. The van der Waals surface area contributed by atoms with Crippen LogP contribution in [0.4, 0.5) is 5.69 Å². The number of aliphatic hydroxyl groups excluding tert-OH is 1. The quantitative estimate of drug-likeness (QED) is 0.684. The summed E-state index contributed by atoms with van der Waals surface area (Å²) in [6.45, 7) is 1.76. The summed E-state index contributed by atoms with van der Waals surface area (Å²) in [7, 11) is -3.57. The number of aryl methyl sites for hydroxylation is 1. The van der Waals surface area contributed by atoms with Crippen molar-refractivity contribution in [2.24, 2.45) is 5.92 Å². The zero-order chi connectivity index (χ0) is 13.3. The van der Waals surface area contributed by atoms with E-state index in [2.05, 4.69) is 4.72 Å². The number of benzene rings is 1. The van der Waals surface area contributed by atoms with Crippen LogP contribution in [0.25, 0.3) is 0 Å². The summed E-state index contributed by atoms with van der Waals surface area (Å²) in [4.78, 5) is 0.208. The Labute approximate surface area is 107 Å². The van der Waals surface area contributed by atoms with Crippen molar-refractivity contribution < 1.29 is 13.5 Å². The van der Waals surface area contributed by atoms with Crippen LogP contribution in [0.3, 0.4) is 0 Å². The van der Waals surface area contributed by atoms with Gasteiger partial charge in [-0.3, -0.25) is 0 Å². The number of hydrogen-bond acceptors (Lipinski definition) is 4. The number of hydrogen-bond donors (Lipinski definition) is 3. The Morgan fingerprint density at radius 2 is 2.17 bits per heavy atom. The number of rotatable bonds is 5. The predicted molar refractivity (Wildman–Crippen MR) is 69.5 cm³/mol. The van der Waals surface area contributed by atoms with Crippen LogP contribution >= 0.6 is 0 Å². The SMILES string of the molecule is Cc1cc(N)ccc1S(=O)(=O)NCC(O)C1CC1. The van der Waals surface area contributed by atoms with Crippen LogP contribution < -0.4 is 10.5 Å². The monoisotopic (exact) mass is 270 g/mol. The molecule has 18 heavy (non-hydrogen) atoms. The molecule has 0 saturated heterocycles. The van der Waals surface area contributed by atoms with E-state index in [1.54, 1.807) is 19.1 Å². The summed E-state index contributed by atoms with van der Waals surface area (Å²) in [5, 5.41) is 9.67. The number of sulfonamides is 1. The van der Waals surface area contributed by atoms with Gasteiger partial charge in [-0.25, -0.2) is 13.1 Å². The average molecular weight is 270 g/mol. The fraction of sp³-hybridized carbons (Fsp3) is 0.500. The van der Waals surface area contributed by atoms with Crippen molar-refractivity contribution >= 4 is 15.7 Å². The minimum atomic E-state index is -3.57. The Bertz CT molecular complexity index is 538. The number of aliphatic hydroxyl groups is 1. The molecule has 1 aromatic carbocycles. The Balaban J connectivity index is 2.09. The topological polar surface area (TPSA) is 92.4 Å². The number of anilines is 1. The van der Waals surface area contributed by atoms with Gasteiger partial charge in [0, 0.05) is 12.2 Å². The summed E-state index contributed by atoms with van der Waals surface area (Å²) < 4.78 is 26.5. The van der Waals surface area contributed by atoms with E-state index in [1.807, 2.05) is 0 Å². The zero-order valence-electron chi connectivity index (χ0n) is 10.3. The Morgan fingerprint density at radius 1 is 1.50 bits per heavy atom. The second kappa shape index (κ2) is 4.87. The van der Waals surface area contributed by atoms with Crippen LogP contribution in [0.1, 0.15) is 18.4 Å². The smallest absolute Gasteiger partial charge is 0.240 e. The minimum absolute atomic E-state index is 0.0663. The first kappa shape index (κ1) is 13.3. The molecule has 0 heterocycles. The molecule has 0 amide bonds. The normalized spacial score (nSPS) is 17.7. The molecular formula is C12H18N2O3S. The van der Waals surface area contributed by atoms with E-state index in [-0.39, 0.29) is 17.4 Å². The Hall–Kier alpha value is -1.11. The largest absolute Gasteiger partial charge is 0.399 e. The third kappa shape index (κ3) is 3.01. The molecule has 1 unspecified atom stereocenters.